The van der Waals surface area contributed by atoms with Gasteiger partial charge in [0.15, 0.2) is 0 Å². The largest absolute Gasteiger partial charge is 0.354 e. The van der Waals surface area contributed by atoms with E-state index in [1.54, 1.807) is 0 Å². The van der Waals surface area contributed by atoms with Gasteiger partial charge in [-0.05, 0) is 36.6 Å². The first-order chi connectivity index (χ1) is 10.1. The predicted octanol–water partition coefficient (Wildman–Crippen LogP) is 3.01. The fraction of sp³-hybridized carbons (Fsp3) is 0.235. The topological polar surface area (TPSA) is 55.1 Å². The molecule has 0 heterocycles. The van der Waals surface area contributed by atoms with Gasteiger partial charge in [-0.1, -0.05) is 53.6 Å². The van der Waals surface area contributed by atoms with Crippen LogP contribution in [0.1, 0.15) is 22.7 Å². The van der Waals surface area contributed by atoms with E-state index in [0.29, 0.717) is 11.6 Å². The van der Waals surface area contributed by atoms with E-state index in [-0.39, 0.29) is 5.91 Å². The minimum Gasteiger partial charge on any atom is -0.354 e. The molecule has 1 amide bonds. The maximum Gasteiger partial charge on any atom is 0.241 e. The van der Waals surface area contributed by atoms with Gasteiger partial charge in [0.1, 0.15) is 6.04 Å². The van der Waals surface area contributed by atoms with Crippen LogP contribution in [-0.2, 0) is 11.2 Å². The normalized spacial score (nSPS) is 12.0. The number of aryl methyl sites for hydroxylation is 1. The number of amides is 1. The number of benzene rings is 2. The highest BCUT2D eigenvalue weighted by atomic mass is 35.5. The van der Waals surface area contributed by atoms with Crippen LogP contribution in [0.4, 0.5) is 0 Å². The molecule has 0 aromatic heterocycles. The molecule has 0 fully saturated rings. The van der Waals surface area contributed by atoms with Crippen molar-refractivity contribution in [3.05, 3.63) is 70.2 Å². The molecule has 0 spiro atoms. The van der Waals surface area contributed by atoms with Crippen molar-refractivity contribution in [1.82, 2.24) is 5.32 Å². The van der Waals surface area contributed by atoms with Crippen molar-refractivity contribution in [3.8, 4) is 0 Å². The van der Waals surface area contributed by atoms with E-state index < -0.39 is 6.04 Å². The first kappa shape index (κ1) is 15.5. The summed E-state index contributed by atoms with van der Waals surface area (Å²) in [5.74, 6) is -0.159. The van der Waals surface area contributed by atoms with Gasteiger partial charge in [0.05, 0.1) is 0 Å². The Morgan fingerprint density at radius 3 is 2.38 bits per heavy atom. The van der Waals surface area contributed by atoms with Crippen molar-refractivity contribution >= 4 is 17.5 Å². The monoisotopic (exact) mass is 302 g/mol. The van der Waals surface area contributed by atoms with Gasteiger partial charge in [-0.25, -0.2) is 0 Å². The van der Waals surface area contributed by atoms with Gasteiger partial charge in [-0.15, -0.1) is 0 Å². The molecule has 2 rings (SSSR count). The first-order valence-corrected chi connectivity index (χ1v) is 7.28. The summed E-state index contributed by atoms with van der Waals surface area (Å²) in [5.41, 5.74) is 9.06. The van der Waals surface area contributed by atoms with Crippen LogP contribution in [0.5, 0.6) is 0 Å². The molecule has 0 aliphatic rings. The zero-order valence-electron chi connectivity index (χ0n) is 12.0. The van der Waals surface area contributed by atoms with Crippen LogP contribution < -0.4 is 11.1 Å². The van der Waals surface area contributed by atoms with Gasteiger partial charge < -0.3 is 11.1 Å². The fourth-order valence-electron chi connectivity index (χ4n) is 2.02. The number of carbonyl (C=O) groups excluding carboxylic acids is 1. The molecule has 2 aromatic carbocycles. The van der Waals surface area contributed by atoms with Gasteiger partial charge in [0, 0.05) is 11.6 Å². The third-order valence-electron chi connectivity index (χ3n) is 3.35. The number of hydrogen-bond acceptors (Lipinski definition) is 2. The van der Waals surface area contributed by atoms with E-state index in [1.807, 2.05) is 55.5 Å². The fourth-order valence-corrected chi connectivity index (χ4v) is 2.14. The Morgan fingerprint density at radius 1 is 1.14 bits per heavy atom. The van der Waals surface area contributed by atoms with E-state index in [4.69, 9.17) is 17.3 Å². The Balaban J connectivity index is 1.83. The molecule has 0 saturated carbocycles. The molecule has 3 N–H and O–H groups in total. The Kier molecular flexibility index (Phi) is 5.37. The average molecular weight is 303 g/mol. The lowest BCUT2D eigenvalue weighted by Gasteiger charge is -2.13. The third-order valence-corrected chi connectivity index (χ3v) is 3.60. The van der Waals surface area contributed by atoms with Crippen LogP contribution in [0.2, 0.25) is 5.02 Å². The Bertz CT molecular complexity index is 593. The zero-order chi connectivity index (χ0) is 15.2. The van der Waals surface area contributed by atoms with Gasteiger partial charge >= 0.3 is 0 Å². The minimum atomic E-state index is -0.629. The standard InChI is InChI=1S/C17H19ClN2O/c1-12-2-6-14(7-3-12)16(19)17(21)20-11-10-13-4-8-15(18)9-5-13/h2-9,16H,10-11,19H2,1H3,(H,20,21). The van der Waals surface area contributed by atoms with E-state index in [0.717, 1.165) is 23.1 Å². The number of halogens is 1. The lowest BCUT2D eigenvalue weighted by molar-refractivity contribution is -0.122. The number of rotatable bonds is 5. The minimum absolute atomic E-state index is 0.159. The van der Waals surface area contributed by atoms with E-state index in [1.165, 1.54) is 0 Å². The van der Waals surface area contributed by atoms with E-state index in [2.05, 4.69) is 5.32 Å². The molecule has 110 valence electrons. The van der Waals surface area contributed by atoms with Crippen LogP contribution in [-0.4, -0.2) is 12.5 Å². The molecule has 3 nitrogen and oxygen atoms in total. The van der Waals surface area contributed by atoms with Crippen molar-refractivity contribution in [3.63, 3.8) is 0 Å². The summed E-state index contributed by atoms with van der Waals surface area (Å²) < 4.78 is 0. The van der Waals surface area contributed by atoms with Gasteiger partial charge in [-0.2, -0.15) is 0 Å². The van der Waals surface area contributed by atoms with Crippen molar-refractivity contribution in [2.24, 2.45) is 5.73 Å². The van der Waals surface area contributed by atoms with Crippen molar-refractivity contribution in [2.75, 3.05) is 6.54 Å². The van der Waals surface area contributed by atoms with E-state index in [9.17, 15) is 4.79 Å². The number of nitrogens with two attached hydrogens (primary N) is 1. The van der Waals surface area contributed by atoms with Gasteiger partial charge in [0.25, 0.3) is 0 Å². The molecule has 1 atom stereocenters. The van der Waals surface area contributed by atoms with Crippen LogP contribution in [0.3, 0.4) is 0 Å². The summed E-state index contributed by atoms with van der Waals surface area (Å²) in [6, 6.07) is 14.6. The molecule has 0 bridgehead atoms. The number of carbonyl (C=O) groups is 1. The molecule has 21 heavy (non-hydrogen) atoms. The Labute approximate surface area is 130 Å². The first-order valence-electron chi connectivity index (χ1n) is 6.90. The highest BCUT2D eigenvalue weighted by molar-refractivity contribution is 6.30. The smallest absolute Gasteiger partial charge is 0.241 e. The molecule has 0 radical (unpaired) electrons. The highest BCUT2D eigenvalue weighted by Gasteiger charge is 2.14. The van der Waals surface area contributed by atoms with Crippen molar-refractivity contribution in [1.29, 1.82) is 0 Å². The highest BCUT2D eigenvalue weighted by Crippen LogP contribution is 2.12. The molecular weight excluding hydrogens is 284 g/mol. The Hall–Kier alpha value is -1.84. The number of hydrogen-bond donors (Lipinski definition) is 2. The lowest BCUT2D eigenvalue weighted by Crippen LogP contribution is -2.35. The molecule has 0 saturated heterocycles. The SMILES string of the molecule is Cc1ccc(C(N)C(=O)NCCc2ccc(Cl)cc2)cc1. The van der Waals surface area contributed by atoms with Crippen LogP contribution in [0.25, 0.3) is 0 Å². The zero-order valence-corrected chi connectivity index (χ0v) is 12.7. The van der Waals surface area contributed by atoms with Crippen LogP contribution in [0.15, 0.2) is 48.5 Å². The lowest BCUT2D eigenvalue weighted by atomic mass is 10.1. The van der Waals surface area contributed by atoms with Gasteiger partial charge in [-0.3, -0.25) is 4.79 Å². The summed E-state index contributed by atoms with van der Waals surface area (Å²) in [6.07, 6.45) is 0.753. The van der Waals surface area contributed by atoms with Crippen LogP contribution in [0, 0.1) is 6.92 Å². The quantitative estimate of drug-likeness (QED) is 0.892. The van der Waals surface area contributed by atoms with Crippen molar-refractivity contribution in [2.45, 2.75) is 19.4 Å². The van der Waals surface area contributed by atoms with Crippen LogP contribution >= 0.6 is 11.6 Å². The predicted molar refractivity (Wildman–Crippen MR) is 86.3 cm³/mol. The summed E-state index contributed by atoms with van der Waals surface area (Å²) in [4.78, 5) is 12.0. The van der Waals surface area contributed by atoms with Gasteiger partial charge in [0.2, 0.25) is 5.91 Å². The second-order valence-electron chi connectivity index (χ2n) is 5.06. The molecule has 2 aromatic rings. The summed E-state index contributed by atoms with van der Waals surface area (Å²) in [7, 11) is 0. The molecule has 0 aliphatic carbocycles. The maximum absolute atomic E-state index is 12.0. The molecular formula is C17H19ClN2O. The summed E-state index contributed by atoms with van der Waals surface area (Å²) >= 11 is 5.83. The van der Waals surface area contributed by atoms with E-state index >= 15 is 0 Å². The van der Waals surface area contributed by atoms with Crippen molar-refractivity contribution < 1.29 is 4.79 Å². The average Bonchev–Trinajstić information content (AvgIpc) is 2.49. The molecule has 4 heteroatoms. The summed E-state index contributed by atoms with van der Waals surface area (Å²) in [5, 5.41) is 3.57. The third kappa shape index (κ3) is 4.59. The second kappa shape index (κ2) is 7.25. The molecule has 0 aliphatic heterocycles. The Morgan fingerprint density at radius 2 is 1.76 bits per heavy atom. The molecule has 1 unspecified atom stereocenters. The second-order valence-corrected chi connectivity index (χ2v) is 5.49. The summed E-state index contributed by atoms with van der Waals surface area (Å²) in [6.45, 7) is 2.56. The number of nitrogens with one attached hydrogen (secondary N) is 1. The maximum atomic E-state index is 12.0.